The molecule has 5 rings (SSSR count). The van der Waals surface area contributed by atoms with Gasteiger partial charge in [0.25, 0.3) is 0 Å². The summed E-state index contributed by atoms with van der Waals surface area (Å²) in [7, 11) is 24.3. The molecule has 0 amide bonds. The van der Waals surface area contributed by atoms with Crippen LogP contribution < -0.4 is 0 Å². The second kappa shape index (κ2) is 30.8. The van der Waals surface area contributed by atoms with Crippen LogP contribution in [-0.4, -0.2) is 305 Å². The fraction of sp³-hybridized carbons (Fsp3) is 1.00. The molecule has 0 aromatic rings. The van der Waals surface area contributed by atoms with E-state index < -0.39 is 154 Å². The fourth-order valence-electron chi connectivity index (χ4n) is 10.5. The molecule has 0 bridgehead atoms. The molecule has 0 unspecified atom stereocenters. The summed E-state index contributed by atoms with van der Waals surface area (Å²) in [6, 6.07) is 0. The Hall–Kier alpha value is -1.04. The minimum Gasteiger partial charge on any atom is -0.382 e. The van der Waals surface area contributed by atoms with Crippen LogP contribution in [0.3, 0.4) is 0 Å². The van der Waals surface area contributed by atoms with Gasteiger partial charge >= 0.3 is 0 Å². The zero-order chi connectivity index (χ0) is 52.6. The Morgan fingerprint density at radius 3 is 0.653 bits per heavy atom. The van der Waals surface area contributed by atoms with Gasteiger partial charge in [0.1, 0.15) is 122 Å². The first-order chi connectivity index (χ1) is 34.9. The predicted molar refractivity (Wildman–Crippen MR) is 243 cm³/mol. The molecule has 5 aliphatic rings. The van der Waals surface area contributed by atoms with Crippen molar-refractivity contribution in [2.75, 3.05) is 147 Å². The smallest absolute Gasteiger partial charge is 0.187 e. The Balaban J connectivity index is 1.41. The van der Waals surface area contributed by atoms with Crippen molar-refractivity contribution in [1.29, 1.82) is 0 Å². The average molecular weight is 1050 g/mol. The van der Waals surface area contributed by atoms with Crippen molar-refractivity contribution in [2.24, 2.45) is 0 Å². The quantitative estimate of drug-likeness (QED) is 0.0899. The number of rotatable bonds is 29. The molecule has 26 nitrogen and oxygen atoms in total. The highest BCUT2D eigenvalue weighted by molar-refractivity contribution is 5.01. The van der Waals surface area contributed by atoms with E-state index in [9.17, 15) is 5.11 Å². The molecule has 0 aromatic heterocycles. The minimum absolute atomic E-state index is 0.00620. The number of methoxy groups -OCH3 is 16. The van der Waals surface area contributed by atoms with E-state index in [1.165, 1.54) is 92.4 Å². The summed E-state index contributed by atoms with van der Waals surface area (Å²) < 4.78 is 153. The molecule has 5 heterocycles. The number of aliphatic hydroxyl groups is 1. The van der Waals surface area contributed by atoms with E-state index in [4.69, 9.17) is 118 Å². The molecular formula is C46H84O26. The summed E-state index contributed by atoms with van der Waals surface area (Å²) >= 11 is 0. The zero-order valence-electron chi connectivity index (χ0n) is 44.6. The van der Waals surface area contributed by atoms with Gasteiger partial charge in [0, 0.05) is 114 Å². The molecule has 26 heteroatoms. The first-order valence-corrected chi connectivity index (χ1v) is 23.8. The monoisotopic (exact) mass is 1050 g/mol. The van der Waals surface area contributed by atoms with Gasteiger partial charge < -0.3 is 124 Å². The van der Waals surface area contributed by atoms with Gasteiger partial charge in [0.2, 0.25) is 0 Å². The van der Waals surface area contributed by atoms with Crippen LogP contribution in [0.15, 0.2) is 0 Å². The molecule has 0 radical (unpaired) electrons. The molecule has 25 atom stereocenters. The molecule has 5 aliphatic heterocycles. The largest absolute Gasteiger partial charge is 0.382 e. The van der Waals surface area contributed by atoms with Gasteiger partial charge in [-0.2, -0.15) is 0 Å². The van der Waals surface area contributed by atoms with E-state index in [1.54, 1.807) is 21.3 Å². The highest BCUT2D eigenvalue weighted by atomic mass is 16.8. The number of hydrogen-bond acceptors (Lipinski definition) is 26. The lowest BCUT2D eigenvalue weighted by Crippen LogP contribution is -2.69. The average Bonchev–Trinajstić information content (AvgIpc) is 3.38. The Labute approximate surface area is 423 Å². The van der Waals surface area contributed by atoms with E-state index >= 15 is 0 Å². The van der Waals surface area contributed by atoms with Crippen LogP contribution in [0.5, 0.6) is 0 Å². The fourth-order valence-corrected chi connectivity index (χ4v) is 10.5. The van der Waals surface area contributed by atoms with Gasteiger partial charge in [-0.15, -0.1) is 0 Å². The zero-order valence-corrected chi connectivity index (χ0v) is 44.6. The molecule has 0 spiro atoms. The van der Waals surface area contributed by atoms with Crippen LogP contribution in [0.25, 0.3) is 0 Å². The van der Waals surface area contributed by atoms with Gasteiger partial charge in [0.05, 0.1) is 33.0 Å². The number of ether oxygens (including phenoxy) is 25. The van der Waals surface area contributed by atoms with Crippen LogP contribution in [0, 0.1) is 0 Å². The van der Waals surface area contributed by atoms with E-state index in [2.05, 4.69) is 0 Å². The molecule has 0 aliphatic carbocycles. The van der Waals surface area contributed by atoms with Crippen LogP contribution in [0.2, 0.25) is 0 Å². The molecule has 5 saturated heterocycles. The molecule has 72 heavy (non-hydrogen) atoms. The van der Waals surface area contributed by atoms with E-state index in [-0.39, 0.29) is 33.0 Å². The van der Waals surface area contributed by atoms with Crippen LogP contribution in [0.4, 0.5) is 0 Å². The lowest BCUT2D eigenvalue weighted by atomic mass is 9.94. The first kappa shape index (κ1) is 61.8. The third kappa shape index (κ3) is 13.8. The van der Waals surface area contributed by atoms with Crippen molar-refractivity contribution < 1.29 is 124 Å². The van der Waals surface area contributed by atoms with Gasteiger partial charge in [-0.05, 0) is 0 Å². The topological polar surface area (TPSA) is 251 Å². The summed E-state index contributed by atoms with van der Waals surface area (Å²) in [4.78, 5) is 0. The van der Waals surface area contributed by atoms with E-state index in [1.807, 2.05) is 0 Å². The third-order valence-electron chi connectivity index (χ3n) is 13.8. The Morgan fingerprint density at radius 1 is 0.236 bits per heavy atom. The predicted octanol–water partition coefficient (Wildman–Crippen LogP) is -1.46. The van der Waals surface area contributed by atoms with Gasteiger partial charge in [0.15, 0.2) is 31.5 Å². The summed E-state index contributed by atoms with van der Waals surface area (Å²) in [5.41, 5.74) is 0. The molecule has 1 N–H and O–H groups in total. The molecule has 0 aromatic carbocycles. The maximum Gasteiger partial charge on any atom is 0.187 e. The standard InChI is InChI=1S/C46H84O26/c1-48-17-22-27(53-6)32(54-7)38(60-13)43(65-22)70-29-24(19-50-3)67-45(40(62-15)34(29)56-9)72-31-26(21-52-5)68-46(41(63-16)36(31)58-11)71-30-25(20-51-4)66-44(39(61-14)35(30)57-10)69-28-23(18-49-2)64-42(47)37(59-12)33(28)55-8/h22-47H,17-21H2,1-16H3/t22-,23-,24-,25-,26-,27-,28-,29-,30-,31-,32+,33+,34+,35+,36+,37-,38-,39-,40-,41-,42-,43+,44+,45+,46+/m1/s1. The Bertz CT molecular complexity index is 1480. The minimum atomic E-state index is -1.32. The van der Waals surface area contributed by atoms with Gasteiger partial charge in [-0.3, -0.25) is 0 Å². The van der Waals surface area contributed by atoms with Crippen molar-refractivity contribution >= 4 is 0 Å². The maximum atomic E-state index is 10.8. The summed E-state index contributed by atoms with van der Waals surface area (Å²) in [6.07, 6.45) is -22.2. The van der Waals surface area contributed by atoms with Crippen molar-refractivity contribution in [1.82, 2.24) is 0 Å². The van der Waals surface area contributed by atoms with Crippen molar-refractivity contribution in [3.8, 4) is 0 Å². The Morgan fingerprint density at radius 2 is 0.431 bits per heavy atom. The summed E-state index contributed by atoms with van der Waals surface area (Å²) in [6.45, 7) is 0.302. The Kier molecular flexibility index (Phi) is 26.4. The van der Waals surface area contributed by atoms with Crippen LogP contribution >= 0.6 is 0 Å². The molecular weight excluding hydrogens is 968 g/mol. The van der Waals surface area contributed by atoms with Gasteiger partial charge in [-0.25, -0.2) is 0 Å². The number of hydrogen-bond donors (Lipinski definition) is 1. The highest BCUT2D eigenvalue weighted by Crippen LogP contribution is 2.39. The summed E-state index contributed by atoms with van der Waals surface area (Å²) in [5, 5.41) is 10.8. The van der Waals surface area contributed by atoms with Crippen molar-refractivity contribution in [2.45, 2.75) is 154 Å². The van der Waals surface area contributed by atoms with E-state index in [0.29, 0.717) is 0 Å². The lowest BCUT2D eigenvalue weighted by molar-refractivity contribution is -0.399. The van der Waals surface area contributed by atoms with E-state index in [0.717, 1.165) is 0 Å². The first-order valence-electron chi connectivity index (χ1n) is 23.8. The normalized spacial score (nSPS) is 44.0. The second-order valence-corrected chi connectivity index (χ2v) is 17.6. The molecule has 424 valence electrons. The second-order valence-electron chi connectivity index (χ2n) is 17.6. The highest BCUT2D eigenvalue weighted by Gasteiger charge is 2.59. The van der Waals surface area contributed by atoms with Crippen molar-refractivity contribution in [3.05, 3.63) is 0 Å². The third-order valence-corrected chi connectivity index (χ3v) is 13.8. The summed E-state index contributed by atoms with van der Waals surface area (Å²) in [5.74, 6) is 0. The van der Waals surface area contributed by atoms with Crippen LogP contribution in [0.1, 0.15) is 0 Å². The SMILES string of the molecule is COC[C@H]1O[C@@H](O)[C@H](OC)[C@@H](OC)[C@@H]1O[C@@H]1O[C@H](COC)[C@@H](O[C@@H]2O[C@H](COC)[C@@H](O[C@@H]3O[C@H](COC)[C@@H](O[C@@H]4O[C@H](COC)[C@@H](OC)[C@H](OC)[C@H]4OC)[C@H](OC)[C@H]3OC)[C@H](OC)[C@H]2OC)[C@H](OC)[C@H]1OC. The maximum absolute atomic E-state index is 10.8. The van der Waals surface area contributed by atoms with Gasteiger partial charge in [-0.1, -0.05) is 0 Å². The lowest BCUT2D eigenvalue weighted by Gasteiger charge is -2.52. The number of aliphatic hydroxyl groups excluding tert-OH is 1. The van der Waals surface area contributed by atoms with Crippen LogP contribution in [-0.2, 0) is 118 Å². The molecule has 5 fully saturated rings. The van der Waals surface area contributed by atoms with Crippen molar-refractivity contribution in [3.63, 3.8) is 0 Å². The molecule has 0 saturated carbocycles.